The molecule has 0 saturated carbocycles. The van der Waals surface area contributed by atoms with Crippen LogP contribution in [0.15, 0.2) is 30.5 Å². The second-order valence-electron chi connectivity index (χ2n) is 6.07. The number of rotatable bonds is 3. The number of fused-ring (bicyclic) bond motifs is 1. The van der Waals surface area contributed by atoms with Crippen molar-refractivity contribution in [3.63, 3.8) is 0 Å². The number of thiazole rings is 1. The maximum absolute atomic E-state index is 13.3. The monoisotopic (exact) mass is 358 g/mol. The van der Waals surface area contributed by atoms with Crippen LogP contribution >= 0.6 is 11.3 Å². The van der Waals surface area contributed by atoms with Gasteiger partial charge in [0.15, 0.2) is 5.13 Å². The molecule has 7 heteroatoms. The molecule has 25 heavy (non-hydrogen) atoms. The van der Waals surface area contributed by atoms with Crippen molar-refractivity contribution in [3.8, 4) is 5.75 Å². The molecule has 1 fully saturated rings. The lowest BCUT2D eigenvalue weighted by Gasteiger charge is -2.35. The van der Waals surface area contributed by atoms with Crippen LogP contribution in [0.4, 0.5) is 15.2 Å². The van der Waals surface area contributed by atoms with Crippen molar-refractivity contribution in [3.05, 3.63) is 42.0 Å². The first-order valence-corrected chi connectivity index (χ1v) is 9.03. The summed E-state index contributed by atoms with van der Waals surface area (Å²) >= 11 is 1.71. The lowest BCUT2D eigenvalue weighted by atomic mass is 10.2. The van der Waals surface area contributed by atoms with E-state index in [2.05, 4.69) is 27.8 Å². The van der Waals surface area contributed by atoms with Crippen molar-refractivity contribution in [2.75, 3.05) is 43.1 Å². The first-order chi connectivity index (χ1) is 12.2. The second kappa shape index (κ2) is 6.48. The lowest BCUT2D eigenvalue weighted by Crippen LogP contribution is -2.46. The molecular weight excluding hydrogens is 339 g/mol. The van der Waals surface area contributed by atoms with Crippen LogP contribution in [-0.2, 0) is 0 Å². The molecule has 0 aliphatic carbocycles. The van der Waals surface area contributed by atoms with Gasteiger partial charge in [0.25, 0.3) is 0 Å². The average molecular weight is 358 g/mol. The first-order valence-electron chi connectivity index (χ1n) is 8.21. The van der Waals surface area contributed by atoms with E-state index in [9.17, 15) is 4.39 Å². The van der Waals surface area contributed by atoms with Crippen molar-refractivity contribution in [2.24, 2.45) is 0 Å². The molecule has 0 N–H and O–H groups in total. The zero-order valence-electron chi connectivity index (χ0n) is 14.2. The Morgan fingerprint density at radius 1 is 1.12 bits per heavy atom. The van der Waals surface area contributed by atoms with Gasteiger partial charge in [0.2, 0.25) is 5.95 Å². The van der Waals surface area contributed by atoms with Gasteiger partial charge in [0.1, 0.15) is 11.3 Å². The largest absolute Gasteiger partial charge is 0.494 e. The number of anilines is 2. The Bertz CT molecular complexity index is 905. The van der Waals surface area contributed by atoms with Gasteiger partial charge in [-0.15, -0.1) is 0 Å². The summed E-state index contributed by atoms with van der Waals surface area (Å²) in [5, 5.41) is 1.02. The smallest absolute Gasteiger partial charge is 0.214 e. The third kappa shape index (κ3) is 3.00. The van der Waals surface area contributed by atoms with E-state index in [-0.39, 0.29) is 0 Å². The molecule has 2 aromatic heterocycles. The zero-order chi connectivity index (χ0) is 17.4. The standard InChI is InChI=1S/C18H19FN4OS/c1-12-3-4-14(24-2)16-17(12)25-18(21-16)23-9-7-22(8-10-23)13-5-6-20-15(19)11-13/h3-6,11H,7-10H2,1-2H3. The van der Waals surface area contributed by atoms with Crippen LogP contribution < -0.4 is 14.5 Å². The van der Waals surface area contributed by atoms with Crippen molar-refractivity contribution >= 4 is 32.4 Å². The van der Waals surface area contributed by atoms with E-state index in [0.717, 1.165) is 48.3 Å². The van der Waals surface area contributed by atoms with E-state index >= 15 is 0 Å². The number of ether oxygens (including phenoxy) is 1. The highest BCUT2D eigenvalue weighted by Gasteiger charge is 2.21. The summed E-state index contributed by atoms with van der Waals surface area (Å²) in [5.41, 5.74) is 3.03. The van der Waals surface area contributed by atoms with Crippen LogP contribution in [0.2, 0.25) is 0 Å². The van der Waals surface area contributed by atoms with E-state index in [1.54, 1.807) is 18.4 Å². The molecule has 0 bridgehead atoms. The Labute approximate surface area is 149 Å². The number of hydrogen-bond acceptors (Lipinski definition) is 6. The molecule has 0 amide bonds. The van der Waals surface area contributed by atoms with Gasteiger partial charge in [0, 0.05) is 44.1 Å². The number of aromatic nitrogens is 2. The third-order valence-corrected chi connectivity index (χ3v) is 5.79. The van der Waals surface area contributed by atoms with Crippen LogP contribution in [0.1, 0.15) is 5.56 Å². The highest BCUT2D eigenvalue weighted by molar-refractivity contribution is 7.22. The Hall–Kier alpha value is -2.41. The van der Waals surface area contributed by atoms with Gasteiger partial charge in [-0.05, 0) is 24.6 Å². The number of hydrogen-bond donors (Lipinski definition) is 0. The Morgan fingerprint density at radius 2 is 1.88 bits per heavy atom. The van der Waals surface area contributed by atoms with E-state index in [4.69, 9.17) is 9.72 Å². The molecular formula is C18H19FN4OS. The van der Waals surface area contributed by atoms with E-state index in [1.165, 1.54) is 22.5 Å². The molecule has 1 saturated heterocycles. The fraction of sp³-hybridized carbons (Fsp3) is 0.333. The molecule has 4 rings (SSSR count). The quantitative estimate of drug-likeness (QED) is 0.671. The van der Waals surface area contributed by atoms with E-state index < -0.39 is 5.95 Å². The number of pyridine rings is 1. The normalized spacial score (nSPS) is 15.0. The highest BCUT2D eigenvalue weighted by atomic mass is 32.1. The number of methoxy groups -OCH3 is 1. The summed E-state index contributed by atoms with van der Waals surface area (Å²) in [4.78, 5) is 12.9. The van der Waals surface area contributed by atoms with Crippen molar-refractivity contribution in [1.29, 1.82) is 0 Å². The maximum atomic E-state index is 13.3. The minimum absolute atomic E-state index is 0.436. The lowest BCUT2D eigenvalue weighted by molar-refractivity contribution is 0.419. The summed E-state index contributed by atoms with van der Waals surface area (Å²) in [7, 11) is 1.68. The molecule has 3 aromatic rings. The fourth-order valence-electron chi connectivity index (χ4n) is 3.14. The molecule has 3 heterocycles. The number of aryl methyl sites for hydroxylation is 1. The van der Waals surface area contributed by atoms with Crippen LogP contribution in [0, 0.1) is 12.9 Å². The second-order valence-corrected chi connectivity index (χ2v) is 7.05. The van der Waals surface area contributed by atoms with Crippen LogP contribution in [0.3, 0.4) is 0 Å². The van der Waals surface area contributed by atoms with Crippen molar-refractivity contribution < 1.29 is 9.13 Å². The van der Waals surface area contributed by atoms with Crippen LogP contribution in [0.25, 0.3) is 10.2 Å². The van der Waals surface area contributed by atoms with Gasteiger partial charge in [-0.3, -0.25) is 0 Å². The third-order valence-electron chi connectivity index (χ3n) is 4.54. The fourth-order valence-corrected chi connectivity index (χ4v) is 4.25. The molecule has 0 unspecified atom stereocenters. The molecule has 0 radical (unpaired) electrons. The summed E-state index contributed by atoms with van der Waals surface area (Å²) in [6.45, 7) is 5.46. The summed E-state index contributed by atoms with van der Waals surface area (Å²) in [6.07, 6.45) is 1.51. The van der Waals surface area contributed by atoms with E-state index in [0.29, 0.717) is 0 Å². The van der Waals surface area contributed by atoms with Crippen LogP contribution in [-0.4, -0.2) is 43.3 Å². The summed E-state index contributed by atoms with van der Waals surface area (Å²) in [6, 6.07) is 7.38. The molecule has 130 valence electrons. The average Bonchev–Trinajstić information content (AvgIpc) is 3.09. The maximum Gasteiger partial charge on any atom is 0.214 e. The highest BCUT2D eigenvalue weighted by Crippen LogP contribution is 2.36. The summed E-state index contributed by atoms with van der Waals surface area (Å²) in [5.74, 6) is 0.377. The van der Waals surface area contributed by atoms with Gasteiger partial charge in [-0.1, -0.05) is 17.4 Å². The molecule has 5 nitrogen and oxygen atoms in total. The molecule has 1 aliphatic rings. The Balaban J connectivity index is 1.55. The predicted molar refractivity (Wildman–Crippen MR) is 99.5 cm³/mol. The first kappa shape index (κ1) is 16.1. The topological polar surface area (TPSA) is 41.5 Å². The Kier molecular flexibility index (Phi) is 4.17. The minimum Gasteiger partial charge on any atom is -0.494 e. The summed E-state index contributed by atoms with van der Waals surface area (Å²) < 4.78 is 19.9. The van der Waals surface area contributed by atoms with Gasteiger partial charge in [0.05, 0.1) is 11.8 Å². The molecule has 1 aliphatic heterocycles. The molecule has 1 aromatic carbocycles. The van der Waals surface area contributed by atoms with Gasteiger partial charge < -0.3 is 14.5 Å². The number of benzene rings is 1. The SMILES string of the molecule is COc1ccc(C)c2sc(N3CCN(c4ccnc(F)c4)CC3)nc12. The number of piperazine rings is 1. The van der Waals surface area contributed by atoms with Gasteiger partial charge >= 0.3 is 0 Å². The van der Waals surface area contributed by atoms with E-state index in [1.807, 2.05) is 12.1 Å². The number of nitrogens with zero attached hydrogens (tertiary/aromatic N) is 4. The minimum atomic E-state index is -0.436. The van der Waals surface area contributed by atoms with Gasteiger partial charge in [-0.25, -0.2) is 9.97 Å². The van der Waals surface area contributed by atoms with Crippen LogP contribution in [0.5, 0.6) is 5.75 Å². The molecule has 0 spiro atoms. The van der Waals surface area contributed by atoms with Crippen molar-refractivity contribution in [2.45, 2.75) is 6.92 Å². The predicted octanol–water partition coefficient (Wildman–Crippen LogP) is 3.47. The zero-order valence-corrected chi connectivity index (χ0v) is 15.0. The van der Waals surface area contributed by atoms with Crippen molar-refractivity contribution in [1.82, 2.24) is 9.97 Å². The Morgan fingerprint density at radius 3 is 2.60 bits per heavy atom. The van der Waals surface area contributed by atoms with Gasteiger partial charge in [-0.2, -0.15) is 4.39 Å². The number of halogens is 1. The molecule has 0 atom stereocenters.